The van der Waals surface area contributed by atoms with E-state index in [0.29, 0.717) is 0 Å². The molecule has 0 atom stereocenters. The molecule has 2 rings (SSSR count). The van der Waals surface area contributed by atoms with Crippen LogP contribution in [0.25, 0.3) is 0 Å². The molecule has 1 nitrogen and oxygen atoms in total. The van der Waals surface area contributed by atoms with E-state index in [2.05, 4.69) is 32.2 Å². The van der Waals surface area contributed by atoms with E-state index < -0.39 is 0 Å². The molecule has 0 radical (unpaired) electrons. The lowest BCUT2D eigenvalue weighted by atomic mass is 10.1. The Morgan fingerprint density at radius 1 is 1.00 bits per heavy atom. The van der Waals surface area contributed by atoms with Crippen LogP contribution >= 0.6 is 35.0 Å². The fourth-order valence-electron chi connectivity index (χ4n) is 1.79. The van der Waals surface area contributed by atoms with Gasteiger partial charge in [-0.15, -0.1) is 0 Å². The van der Waals surface area contributed by atoms with E-state index >= 15 is 0 Å². The zero-order valence-electron chi connectivity index (χ0n) is 12.4. The molecule has 112 valence electrons. The Kier molecular flexibility index (Phi) is 5.61. The van der Waals surface area contributed by atoms with Gasteiger partial charge in [-0.1, -0.05) is 41.0 Å². The summed E-state index contributed by atoms with van der Waals surface area (Å²) in [6.45, 7) is 7.20. The van der Waals surface area contributed by atoms with Crippen LogP contribution < -0.4 is 5.32 Å². The second-order valence-electron chi connectivity index (χ2n) is 5.88. The number of benzene rings is 2. The maximum atomic E-state index is 6.38. The molecule has 0 bridgehead atoms. The highest BCUT2D eigenvalue weighted by Crippen LogP contribution is 2.34. The molecule has 21 heavy (non-hydrogen) atoms. The number of halogens is 2. The van der Waals surface area contributed by atoms with E-state index in [1.807, 2.05) is 36.4 Å². The van der Waals surface area contributed by atoms with Crippen molar-refractivity contribution in [2.45, 2.75) is 42.6 Å². The van der Waals surface area contributed by atoms with Gasteiger partial charge >= 0.3 is 0 Å². The number of hydrogen-bond donors (Lipinski definition) is 1. The summed E-state index contributed by atoms with van der Waals surface area (Å²) in [5.41, 5.74) is 1.19. The van der Waals surface area contributed by atoms with Crippen LogP contribution in [0, 0.1) is 0 Å². The summed E-state index contributed by atoms with van der Waals surface area (Å²) in [5, 5.41) is 5.04. The fraction of sp³-hybridized carbons (Fsp3) is 0.294. The van der Waals surface area contributed by atoms with Crippen LogP contribution in [-0.4, -0.2) is 5.54 Å². The van der Waals surface area contributed by atoms with Crippen LogP contribution in [0.1, 0.15) is 26.3 Å². The van der Waals surface area contributed by atoms with Gasteiger partial charge < -0.3 is 5.32 Å². The number of hydrogen-bond acceptors (Lipinski definition) is 2. The SMILES string of the molecule is CC(C)(C)NCc1c(Cl)cccc1Sc1ccc(Cl)cc1. The molecule has 0 unspecified atom stereocenters. The molecule has 4 heteroatoms. The minimum Gasteiger partial charge on any atom is -0.308 e. The Balaban J connectivity index is 2.22. The summed E-state index contributed by atoms with van der Waals surface area (Å²) in [5.74, 6) is 0. The Morgan fingerprint density at radius 3 is 2.29 bits per heavy atom. The highest BCUT2D eigenvalue weighted by molar-refractivity contribution is 7.99. The first-order valence-corrected chi connectivity index (χ1v) is 8.38. The Morgan fingerprint density at radius 2 is 1.67 bits per heavy atom. The maximum absolute atomic E-state index is 6.38. The van der Waals surface area contributed by atoms with Gasteiger partial charge in [-0.05, 0) is 62.7 Å². The van der Waals surface area contributed by atoms with Gasteiger partial charge in [-0.3, -0.25) is 0 Å². The van der Waals surface area contributed by atoms with Crippen molar-refractivity contribution in [3.05, 3.63) is 58.1 Å². The van der Waals surface area contributed by atoms with E-state index in [4.69, 9.17) is 23.2 Å². The predicted molar refractivity (Wildman–Crippen MR) is 93.6 cm³/mol. The third-order valence-electron chi connectivity index (χ3n) is 2.91. The van der Waals surface area contributed by atoms with Crippen LogP contribution in [0.5, 0.6) is 0 Å². The Bertz CT molecular complexity index is 603. The summed E-state index contributed by atoms with van der Waals surface area (Å²) in [6.07, 6.45) is 0. The van der Waals surface area contributed by atoms with Crippen molar-refractivity contribution in [3.8, 4) is 0 Å². The molecular weight excluding hydrogens is 321 g/mol. The number of nitrogens with one attached hydrogen (secondary N) is 1. The van der Waals surface area contributed by atoms with Gasteiger partial charge in [0.1, 0.15) is 0 Å². The van der Waals surface area contributed by atoms with Crippen LogP contribution in [0.15, 0.2) is 52.3 Å². The van der Waals surface area contributed by atoms with Crippen LogP contribution in [-0.2, 0) is 6.54 Å². The van der Waals surface area contributed by atoms with Gasteiger partial charge in [0.15, 0.2) is 0 Å². The van der Waals surface area contributed by atoms with Crippen molar-refractivity contribution < 1.29 is 0 Å². The van der Waals surface area contributed by atoms with Crippen molar-refractivity contribution in [1.82, 2.24) is 5.32 Å². The van der Waals surface area contributed by atoms with Crippen molar-refractivity contribution in [2.24, 2.45) is 0 Å². The highest BCUT2D eigenvalue weighted by atomic mass is 35.5. The molecule has 0 aliphatic rings. The largest absolute Gasteiger partial charge is 0.308 e. The molecule has 0 amide bonds. The van der Waals surface area contributed by atoms with Crippen LogP contribution in [0.4, 0.5) is 0 Å². The molecule has 0 saturated carbocycles. The molecule has 0 fully saturated rings. The zero-order chi connectivity index (χ0) is 15.5. The monoisotopic (exact) mass is 339 g/mol. The summed E-state index contributed by atoms with van der Waals surface area (Å²) in [6, 6.07) is 13.9. The van der Waals surface area contributed by atoms with E-state index in [1.54, 1.807) is 11.8 Å². The van der Waals surface area contributed by atoms with E-state index in [0.717, 1.165) is 27.0 Å². The predicted octanol–water partition coefficient (Wildman–Crippen LogP) is 6.03. The van der Waals surface area contributed by atoms with Gasteiger partial charge in [0.05, 0.1) is 0 Å². The maximum Gasteiger partial charge on any atom is 0.0462 e. The van der Waals surface area contributed by atoms with Gasteiger partial charge in [0.25, 0.3) is 0 Å². The molecule has 0 spiro atoms. The van der Waals surface area contributed by atoms with E-state index in [-0.39, 0.29) is 5.54 Å². The summed E-state index contributed by atoms with van der Waals surface area (Å²) >= 11 is 14.0. The first kappa shape index (κ1) is 16.7. The standard InChI is InChI=1S/C17H19Cl2NS/c1-17(2,3)20-11-14-15(19)5-4-6-16(14)21-13-9-7-12(18)8-10-13/h4-10,20H,11H2,1-3H3. The second kappa shape index (κ2) is 7.06. The van der Waals surface area contributed by atoms with Crippen LogP contribution in [0.3, 0.4) is 0 Å². The smallest absolute Gasteiger partial charge is 0.0462 e. The van der Waals surface area contributed by atoms with Crippen molar-refractivity contribution >= 4 is 35.0 Å². The third-order valence-corrected chi connectivity index (χ3v) is 4.63. The van der Waals surface area contributed by atoms with Crippen molar-refractivity contribution in [2.75, 3.05) is 0 Å². The summed E-state index contributed by atoms with van der Waals surface area (Å²) < 4.78 is 0. The average Bonchev–Trinajstić information content (AvgIpc) is 2.39. The van der Waals surface area contributed by atoms with Crippen LogP contribution in [0.2, 0.25) is 10.0 Å². The molecule has 1 N–H and O–H groups in total. The lowest BCUT2D eigenvalue weighted by Crippen LogP contribution is -2.35. The van der Waals surface area contributed by atoms with Gasteiger partial charge in [0.2, 0.25) is 0 Å². The second-order valence-corrected chi connectivity index (χ2v) is 7.84. The summed E-state index contributed by atoms with van der Waals surface area (Å²) in [7, 11) is 0. The van der Waals surface area contributed by atoms with E-state index in [1.165, 1.54) is 4.90 Å². The minimum absolute atomic E-state index is 0.0569. The van der Waals surface area contributed by atoms with Gasteiger partial charge in [-0.2, -0.15) is 0 Å². The number of rotatable bonds is 4. The molecule has 0 heterocycles. The topological polar surface area (TPSA) is 12.0 Å². The van der Waals surface area contributed by atoms with E-state index in [9.17, 15) is 0 Å². The first-order chi connectivity index (χ1) is 9.85. The highest BCUT2D eigenvalue weighted by Gasteiger charge is 2.13. The first-order valence-electron chi connectivity index (χ1n) is 6.81. The fourth-order valence-corrected chi connectivity index (χ4v) is 3.19. The molecule has 2 aromatic rings. The molecule has 0 aromatic heterocycles. The Hall–Kier alpha value is -0.670. The zero-order valence-corrected chi connectivity index (χ0v) is 14.7. The van der Waals surface area contributed by atoms with Crippen molar-refractivity contribution in [1.29, 1.82) is 0 Å². The minimum atomic E-state index is 0.0569. The average molecular weight is 340 g/mol. The Labute approximate surface area is 141 Å². The molecule has 0 saturated heterocycles. The lowest BCUT2D eigenvalue weighted by Gasteiger charge is -2.22. The quantitative estimate of drug-likeness (QED) is 0.729. The normalized spacial score (nSPS) is 11.7. The molecular formula is C17H19Cl2NS. The van der Waals surface area contributed by atoms with Gasteiger partial charge in [0, 0.05) is 31.9 Å². The molecule has 0 aliphatic heterocycles. The summed E-state index contributed by atoms with van der Waals surface area (Å²) in [4.78, 5) is 2.32. The molecule has 0 aliphatic carbocycles. The third kappa shape index (κ3) is 5.23. The lowest BCUT2D eigenvalue weighted by molar-refractivity contribution is 0.422. The van der Waals surface area contributed by atoms with Gasteiger partial charge in [-0.25, -0.2) is 0 Å². The molecule has 2 aromatic carbocycles. The van der Waals surface area contributed by atoms with Crippen molar-refractivity contribution in [3.63, 3.8) is 0 Å².